The van der Waals surface area contributed by atoms with E-state index in [0.29, 0.717) is 0 Å². The predicted octanol–water partition coefficient (Wildman–Crippen LogP) is -2.83. The van der Waals surface area contributed by atoms with Gasteiger partial charge in [-0.3, -0.25) is 9.87 Å². The number of carboxylic acid groups (broad SMARTS) is 1. The summed E-state index contributed by atoms with van der Waals surface area (Å²) >= 11 is 0. The zero-order chi connectivity index (χ0) is 8.20. The molecule has 0 unspecified atom stereocenters. The molecule has 0 fully saturated rings. The van der Waals surface area contributed by atoms with Crippen LogP contribution in [0.15, 0.2) is 0 Å². The van der Waals surface area contributed by atoms with Gasteiger partial charge in [0.1, 0.15) is 5.88 Å². The van der Waals surface area contributed by atoms with E-state index in [0.717, 1.165) is 0 Å². The van der Waals surface area contributed by atoms with Gasteiger partial charge in [-0.15, -0.1) is 0 Å². The SMILES string of the molecule is O=C([O-])CNCS(=O)(=O)O. The number of carbonyl (C=O) groups is 1. The molecule has 0 bridgehead atoms. The number of aliphatic carboxylic acids is 1. The standard InChI is InChI=1S/C3H7NO5S/c5-3(6)1-4-2-10(7,8)9/h4H,1-2H2,(H,5,6)(H,7,8,9)/p-1. The number of carbonyl (C=O) groups excluding carboxylic acids is 1. The Morgan fingerprint density at radius 3 is 2.40 bits per heavy atom. The van der Waals surface area contributed by atoms with Crippen molar-refractivity contribution in [1.29, 1.82) is 0 Å². The van der Waals surface area contributed by atoms with Gasteiger partial charge < -0.3 is 9.90 Å². The lowest BCUT2D eigenvalue weighted by molar-refractivity contribution is -0.303. The van der Waals surface area contributed by atoms with Crippen molar-refractivity contribution in [2.24, 2.45) is 0 Å². The smallest absolute Gasteiger partial charge is 0.278 e. The molecule has 10 heavy (non-hydrogen) atoms. The molecule has 2 N–H and O–H groups in total. The van der Waals surface area contributed by atoms with Gasteiger partial charge >= 0.3 is 0 Å². The van der Waals surface area contributed by atoms with Gasteiger partial charge in [0, 0.05) is 6.54 Å². The Labute approximate surface area is 57.6 Å². The number of rotatable bonds is 4. The second-order valence-corrected chi connectivity index (χ2v) is 2.98. The van der Waals surface area contributed by atoms with Crippen LogP contribution < -0.4 is 10.4 Å². The Bertz CT molecular complexity index is 207. The van der Waals surface area contributed by atoms with Crippen LogP contribution in [-0.4, -0.2) is 31.4 Å². The lowest BCUT2D eigenvalue weighted by atomic mass is 10.7. The van der Waals surface area contributed by atoms with Crippen LogP contribution in [0.25, 0.3) is 0 Å². The molecule has 0 radical (unpaired) electrons. The van der Waals surface area contributed by atoms with Crippen molar-refractivity contribution in [2.45, 2.75) is 0 Å². The van der Waals surface area contributed by atoms with E-state index in [2.05, 4.69) is 0 Å². The molecule has 0 atom stereocenters. The van der Waals surface area contributed by atoms with Crippen LogP contribution in [-0.2, 0) is 14.9 Å². The summed E-state index contributed by atoms with van der Waals surface area (Å²) in [6, 6.07) is 0. The van der Waals surface area contributed by atoms with Crippen LogP contribution in [0.4, 0.5) is 0 Å². The fourth-order valence-corrected chi connectivity index (χ4v) is 0.642. The number of carboxylic acids is 1. The molecule has 0 heterocycles. The zero-order valence-corrected chi connectivity index (χ0v) is 5.72. The molecule has 0 saturated carbocycles. The van der Waals surface area contributed by atoms with Crippen molar-refractivity contribution >= 4 is 16.1 Å². The van der Waals surface area contributed by atoms with Crippen molar-refractivity contribution in [2.75, 3.05) is 12.4 Å². The topological polar surface area (TPSA) is 107 Å². The van der Waals surface area contributed by atoms with E-state index in [1.165, 1.54) is 0 Å². The lowest BCUT2D eigenvalue weighted by Gasteiger charge is -2.01. The molecule has 7 heteroatoms. The lowest BCUT2D eigenvalue weighted by Crippen LogP contribution is -2.36. The summed E-state index contributed by atoms with van der Waals surface area (Å²) in [5.74, 6) is -2.20. The van der Waals surface area contributed by atoms with E-state index >= 15 is 0 Å². The fraction of sp³-hybridized carbons (Fsp3) is 0.667. The Hall–Kier alpha value is -0.660. The van der Waals surface area contributed by atoms with E-state index in [1.807, 2.05) is 5.32 Å². The van der Waals surface area contributed by atoms with Gasteiger partial charge in [0.25, 0.3) is 10.1 Å². The minimum Gasteiger partial charge on any atom is -0.549 e. The van der Waals surface area contributed by atoms with Gasteiger partial charge in [-0.2, -0.15) is 8.42 Å². The molecule has 6 nitrogen and oxygen atoms in total. The highest BCUT2D eigenvalue weighted by Gasteiger charge is 2.01. The third kappa shape index (κ3) is 7.34. The second kappa shape index (κ2) is 3.49. The maximum Gasteiger partial charge on any atom is 0.278 e. The monoisotopic (exact) mass is 168 g/mol. The van der Waals surface area contributed by atoms with Crippen LogP contribution in [0.2, 0.25) is 0 Å². The van der Waals surface area contributed by atoms with Crippen LogP contribution in [0.3, 0.4) is 0 Å². The summed E-state index contributed by atoms with van der Waals surface area (Å²) in [7, 11) is -4.12. The van der Waals surface area contributed by atoms with Gasteiger partial charge in [0.05, 0.1) is 5.97 Å². The first-order valence-corrected chi connectivity index (χ1v) is 3.88. The highest BCUT2D eigenvalue weighted by Crippen LogP contribution is 1.74. The molecule has 0 aliphatic rings. The summed E-state index contributed by atoms with van der Waals surface area (Å²) in [4.78, 5) is 9.64. The average molecular weight is 168 g/mol. The molecule has 0 aromatic rings. The van der Waals surface area contributed by atoms with Gasteiger partial charge in [0.15, 0.2) is 0 Å². The first kappa shape index (κ1) is 9.34. The fourth-order valence-electron chi connectivity index (χ4n) is 0.282. The van der Waals surface area contributed by atoms with Gasteiger partial charge in [-0.1, -0.05) is 0 Å². The number of hydrogen-bond acceptors (Lipinski definition) is 5. The van der Waals surface area contributed by atoms with Crippen LogP contribution in [0, 0.1) is 0 Å². The average Bonchev–Trinajstić information content (AvgIpc) is 1.59. The normalized spacial score (nSPS) is 11.3. The second-order valence-electron chi connectivity index (χ2n) is 1.53. The van der Waals surface area contributed by atoms with Crippen LogP contribution in [0.1, 0.15) is 0 Å². The highest BCUT2D eigenvalue weighted by atomic mass is 32.2. The van der Waals surface area contributed by atoms with Gasteiger partial charge in [0.2, 0.25) is 0 Å². The molecule has 0 aliphatic carbocycles. The number of nitrogens with one attached hydrogen (secondary N) is 1. The molecule has 0 saturated heterocycles. The quantitative estimate of drug-likeness (QED) is 0.438. The Balaban J connectivity index is 3.49. The minimum atomic E-state index is -4.12. The van der Waals surface area contributed by atoms with Crippen molar-refractivity contribution < 1.29 is 22.9 Å². The maximum atomic E-state index is 9.89. The largest absolute Gasteiger partial charge is 0.549 e. The Morgan fingerprint density at radius 2 is 2.10 bits per heavy atom. The van der Waals surface area contributed by atoms with Crippen LogP contribution >= 0.6 is 0 Å². The number of hydrogen-bond donors (Lipinski definition) is 2. The van der Waals surface area contributed by atoms with Crippen LogP contribution in [0.5, 0.6) is 0 Å². The predicted molar refractivity (Wildman–Crippen MR) is 29.4 cm³/mol. The van der Waals surface area contributed by atoms with Crippen molar-refractivity contribution in [3.8, 4) is 0 Å². The molecule has 0 spiro atoms. The summed E-state index contributed by atoms with van der Waals surface area (Å²) < 4.78 is 27.8. The molecular weight excluding hydrogens is 162 g/mol. The first-order chi connectivity index (χ1) is 4.42. The Kier molecular flexibility index (Phi) is 3.26. The summed E-state index contributed by atoms with van der Waals surface area (Å²) in [6.45, 7) is -0.597. The van der Waals surface area contributed by atoms with Crippen molar-refractivity contribution in [1.82, 2.24) is 5.32 Å². The maximum absolute atomic E-state index is 9.89. The van der Waals surface area contributed by atoms with E-state index in [4.69, 9.17) is 4.55 Å². The molecule has 60 valence electrons. The summed E-state index contributed by atoms with van der Waals surface area (Å²) in [5.41, 5.74) is 0. The minimum absolute atomic E-state index is 0.597. The molecule has 0 rings (SSSR count). The molecule has 0 aromatic heterocycles. The van der Waals surface area contributed by atoms with E-state index in [1.54, 1.807) is 0 Å². The molecule has 0 aliphatic heterocycles. The molecular formula is C3H6NO5S-. The highest BCUT2D eigenvalue weighted by molar-refractivity contribution is 7.85. The van der Waals surface area contributed by atoms with Crippen molar-refractivity contribution in [3.63, 3.8) is 0 Å². The first-order valence-electron chi connectivity index (χ1n) is 2.27. The van der Waals surface area contributed by atoms with Crippen molar-refractivity contribution in [3.05, 3.63) is 0 Å². The summed E-state index contributed by atoms with van der Waals surface area (Å²) in [5, 5.41) is 11.6. The van der Waals surface area contributed by atoms with E-state index in [9.17, 15) is 18.3 Å². The summed E-state index contributed by atoms with van der Waals surface area (Å²) in [6.07, 6.45) is 0. The van der Waals surface area contributed by atoms with Gasteiger partial charge in [-0.05, 0) is 0 Å². The molecule has 0 aromatic carbocycles. The van der Waals surface area contributed by atoms with E-state index in [-0.39, 0.29) is 0 Å². The van der Waals surface area contributed by atoms with Gasteiger partial charge in [-0.25, -0.2) is 0 Å². The Morgan fingerprint density at radius 1 is 1.60 bits per heavy atom. The zero-order valence-electron chi connectivity index (χ0n) is 4.90. The van der Waals surface area contributed by atoms with E-state index < -0.39 is 28.5 Å². The molecule has 0 amide bonds. The third-order valence-electron chi connectivity index (χ3n) is 0.554. The third-order valence-corrected chi connectivity index (χ3v) is 1.12.